The Kier molecular flexibility index (Phi) is 6.98. The van der Waals surface area contributed by atoms with Gasteiger partial charge in [0.25, 0.3) is 0 Å². The van der Waals surface area contributed by atoms with Crippen LogP contribution in [-0.2, 0) is 11.2 Å². The fourth-order valence-corrected chi connectivity index (χ4v) is 5.30. The van der Waals surface area contributed by atoms with Crippen molar-refractivity contribution in [2.24, 2.45) is 0 Å². The van der Waals surface area contributed by atoms with E-state index in [1.165, 1.54) is 23.1 Å². The third-order valence-corrected chi connectivity index (χ3v) is 7.30. The van der Waals surface area contributed by atoms with Crippen LogP contribution in [0.25, 0.3) is 17.3 Å². The quantitative estimate of drug-likeness (QED) is 0.242. The standard InChI is InChI=1S/C25H20ClN5O2S2/c1-16-6-4-8-18(12-16)31-23(21-10-5-11-33-21)29-30-25(31)34-15-22(32)28-24-27-14-19(35-24)13-17-7-2-3-9-20(17)26/h2-12,14H,13,15H2,1H3,(H,27,28,32). The molecule has 7 nitrogen and oxygen atoms in total. The summed E-state index contributed by atoms with van der Waals surface area (Å²) in [5.41, 5.74) is 3.02. The van der Waals surface area contributed by atoms with Crippen LogP contribution in [0.1, 0.15) is 16.0 Å². The number of thioether (sulfide) groups is 1. The largest absolute Gasteiger partial charge is 0.461 e. The predicted molar refractivity (Wildman–Crippen MR) is 140 cm³/mol. The highest BCUT2D eigenvalue weighted by Crippen LogP contribution is 2.29. The number of carbonyl (C=O) groups excluding carboxylic acids is 1. The minimum Gasteiger partial charge on any atom is -0.461 e. The number of hydrogen-bond acceptors (Lipinski definition) is 7. The number of thiazole rings is 1. The number of halogens is 1. The van der Waals surface area contributed by atoms with Crippen molar-refractivity contribution in [1.82, 2.24) is 19.7 Å². The van der Waals surface area contributed by atoms with Crippen LogP contribution in [0.2, 0.25) is 5.02 Å². The number of benzene rings is 2. The van der Waals surface area contributed by atoms with Crippen molar-refractivity contribution in [3.63, 3.8) is 0 Å². The van der Waals surface area contributed by atoms with E-state index in [2.05, 4.69) is 20.5 Å². The molecule has 0 saturated heterocycles. The van der Waals surface area contributed by atoms with E-state index in [0.29, 0.717) is 28.3 Å². The summed E-state index contributed by atoms with van der Waals surface area (Å²) in [6, 6.07) is 19.4. The number of rotatable bonds is 8. The maximum Gasteiger partial charge on any atom is 0.236 e. The third-order valence-electron chi connectivity index (χ3n) is 5.09. The first kappa shape index (κ1) is 23.3. The molecule has 0 aliphatic rings. The van der Waals surface area contributed by atoms with Crippen LogP contribution in [0.3, 0.4) is 0 Å². The molecule has 5 rings (SSSR count). The van der Waals surface area contributed by atoms with Gasteiger partial charge in [0, 0.05) is 22.5 Å². The minimum atomic E-state index is -0.174. The van der Waals surface area contributed by atoms with Gasteiger partial charge in [-0.3, -0.25) is 9.36 Å². The lowest BCUT2D eigenvalue weighted by molar-refractivity contribution is -0.113. The molecule has 3 heterocycles. The molecule has 0 fully saturated rings. The van der Waals surface area contributed by atoms with E-state index in [4.69, 9.17) is 16.0 Å². The molecular formula is C25H20ClN5O2S2. The highest BCUT2D eigenvalue weighted by molar-refractivity contribution is 7.99. The van der Waals surface area contributed by atoms with E-state index in [9.17, 15) is 4.79 Å². The molecule has 35 heavy (non-hydrogen) atoms. The van der Waals surface area contributed by atoms with Crippen molar-refractivity contribution in [2.45, 2.75) is 18.5 Å². The molecule has 0 aliphatic carbocycles. The summed E-state index contributed by atoms with van der Waals surface area (Å²) in [7, 11) is 0. The molecule has 3 aromatic heterocycles. The van der Waals surface area contributed by atoms with Gasteiger partial charge in [-0.1, -0.05) is 53.7 Å². The number of nitrogens with zero attached hydrogens (tertiary/aromatic N) is 4. The fraction of sp³-hybridized carbons (Fsp3) is 0.120. The van der Waals surface area contributed by atoms with Gasteiger partial charge in [0.05, 0.1) is 17.7 Å². The average molecular weight is 522 g/mol. The predicted octanol–water partition coefficient (Wildman–Crippen LogP) is 6.27. The number of aromatic nitrogens is 4. The third kappa shape index (κ3) is 5.48. The monoisotopic (exact) mass is 521 g/mol. The zero-order chi connectivity index (χ0) is 24.2. The van der Waals surface area contributed by atoms with E-state index in [-0.39, 0.29) is 11.7 Å². The van der Waals surface area contributed by atoms with Crippen molar-refractivity contribution in [3.05, 3.63) is 94.2 Å². The van der Waals surface area contributed by atoms with Crippen molar-refractivity contribution in [2.75, 3.05) is 11.1 Å². The Morgan fingerprint density at radius 3 is 2.83 bits per heavy atom. The molecule has 0 unspecified atom stereocenters. The van der Waals surface area contributed by atoms with Gasteiger partial charge in [-0.05, 0) is 48.4 Å². The van der Waals surface area contributed by atoms with Crippen LogP contribution in [0.4, 0.5) is 5.13 Å². The van der Waals surface area contributed by atoms with Crippen molar-refractivity contribution in [3.8, 4) is 17.3 Å². The minimum absolute atomic E-state index is 0.154. The Labute approximate surface area is 215 Å². The van der Waals surface area contributed by atoms with Crippen LogP contribution in [0, 0.1) is 6.92 Å². The lowest BCUT2D eigenvalue weighted by Crippen LogP contribution is -2.14. The molecule has 10 heteroatoms. The lowest BCUT2D eigenvalue weighted by Gasteiger charge is -2.10. The SMILES string of the molecule is Cc1cccc(-n2c(SCC(=O)Nc3ncc(Cc4ccccc4Cl)s3)nnc2-c2ccco2)c1. The molecular weight excluding hydrogens is 502 g/mol. The lowest BCUT2D eigenvalue weighted by atomic mass is 10.1. The summed E-state index contributed by atoms with van der Waals surface area (Å²) in [5, 5.41) is 13.4. The summed E-state index contributed by atoms with van der Waals surface area (Å²) in [6.45, 7) is 2.02. The first-order valence-electron chi connectivity index (χ1n) is 10.7. The number of anilines is 1. The van der Waals surface area contributed by atoms with Gasteiger partial charge in [0.2, 0.25) is 11.7 Å². The first-order valence-corrected chi connectivity index (χ1v) is 12.9. The normalized spacial score (nSPS) is 11.0. The molecule has 0 atom stereocenters. The molecule has 2 aromatic carbocycles. The first-order chi connectivity index (χ1) is 17.1. The second-order valence-electron chi connectivity index (χ2n) is 7.69. The summed E-state index contributed by atoms with van der Waals surface area (Å²) in [4.78, 5) is 18.0. The fourth-order valence-electron chi connectivity index (χ4n) is 3.49. The van der Waals surface area contributed by atoms with Crippen LogP contribution in [0.15, 0.2) is 82.7 Å². The van der Waals surface area contributed by atoms with E-state index < -0.39 is 0 Å². The van der Waals surface area contributed by atoms with Crippen LogP contribution >= 0.6 is 34.7 Å². The van der Waals surface area contributed by atoms with Gasteiger partial charge < -0.3 is 9.73 Å². The molecule has 0 bridgehead atoms. The van der Waals surface area contributed by atoms with E-state index >= 15 is 0 Å². The second-order valence-corrected chi connectivity index (χ2v) is 10.2. The summed E-state index contributed by atoms with van der Waals surface area (Å²) >= 11 is 8.99. The summed E-state index contributed by atoms with van der Waals surface area (Å²) in [5.74, 6) is 1.16. The van der Waals surface area contributed by atoms with Gasteiger partial charge >= 0.3 is 0 Å². The van der Waals surface area contributed by atoms with Gasteiger partial charge in [0.15, 0.2) is 16.0 Å². The van der Waals surface area contributed by atoms with Crippen molar-refractivity contribution >= 4 is 45.7 Å². The highest BCUT2D eigenvalue weighted by Gasteiger charge is 2.19. The van der Waals surface area contributed by atoms with Gasteiger partial charge in [0.1, 0.15) is 0 Å². The van der Waals surface area contributed by atoms with Gasteiger partial charge in [-0.15, -0.1) is 21.5 Å². The van der Waals surface area contributed by atoms with E-state index in [1.807, 2.05) is 66.1 Å². The molecule has 176 valence electrons. The average Bonchev–Trinajstić information content (AvgIpc) is 3.60. The van der Waals surface area contributed by atoms with E-state index in [1.54, 1.807) is 18.5 Å². The molecule has 0 radical (unpaired) electrons. The van der Waals surface area contributed by atoms with Crippen LogP contribution in [-0.4, -0.2) is 31.4 Å². The highest BCUT2D eigenvalue weighted by atomic mass is 35.5. The van der Waals surface area contributed by atoms with Crippen molar-refractivity contribution in [1.29, 1.82) is 0 Å². The number of hydrogen-bond donors (Lipinski definition) is 1. The molecule has 1 N–H and O–H groups in total. The van der Waals surface area contributed by atoms with Crippen LogP contribution in [0.5, 0.6) is 0 Å². The number of furan rings is 1. The van der Waals surface area contributed by atoms with Crippen LogP contribution < -0.4 is 5.32 Å². The van der Waals surface area contributed by atoms with Crippen molar-refractivity contribution < 1.29 is 9.21 Å². The number of carbonyl (C=O) groups is 1. The Hall–Kier alpha value is -3.40. The smallest absolute Gasteiger partial charge is 0.236 e. The second kappa shape index (κ2) is 10.5. The molecule has 5 aromatic rings. The Bertz CT molecular complexity index is 1460. The molecule has 0 aliphatic heterocycles. The molecule has 0 spiro atoms. The van der Waals surface area contributed by atoms with E-state index in [0.717, 1.165) is 26.7 Å². The number of amides is 1. The Morgan fingerprint density at radius 2 is 2.03 bits per heavy atom. The topological polar surface area (TPSA) is 85.8 Å². The Balaban J connectivity index is 1.28. The zero-order valence-electron chi connectivity index (χ0n) is 18.6. The summed E-state index contributed by atoms with van der Waals surface area (Å²) in [6.07, 6.45) is 4.02. The van der Waals surface area contributed by atoms with Gasteiger partial charge in [-0.25, -0.2) is 4.98 Å². The molecule has 0 saturated carbocycles. The number of nitrogens with one attached hydrogen (secondary N) is 1. The summed E-state index contributed by atoms with van der Waals surface area (Å²) < 4.78 is 7.45. The maximum absolute atomic E-state index is 12.7. The zero-order valence-corrected chi connectivity index (χ0v) is 21.0. The Morgan fingerprint density at radius 1 is 1.14 bits per heavy atom. The molecule has 1 amide bonds. The van der Waals surface area contributed by atoms with Gasteiger partial charge in [-0.2, -0.15) is 0 Å². The maximum atomic E-state index is 12.7. The number of aryl methyl sites for hydroxylation is 1.